The van der Waals surface area contributed by atoms with Crippen LogP contribution in [0.25, 0.3) is 0 Å². The fourth-order valence-corrected chi connectivity index (χ4v) is 3.27. The van der Waals surface area contributed by atoms with Crippen LogP contribution in [-0.4, -0.2) is 22.6 Å². The number of nitrogens with zero attached hydrogens (tertiary/aromatic N) is 2. The zero-order valence-electron chi connectivity index (χ0n) is 11.9. The molecule has 5 heteroatoms. The molecule has 3 rings (SSSR count). The molecule has 1 atom stereocenters. The van der Waals surface area contributed by atoms with Gasteiger partial charge in [-0.15, -0.1) is 0 Å². The minimum atomic E-state index is -0.298. The van der Waals surface area contributed by atoms with E-state index in [2.05, 4.69) is 21.7 Å². The summed E-state index contributed by atoms with van der Waals surface area (Å²) in [5.74, 6) is 0.382. The van der Waals surface area contributed by atoms with Crippen molar-refractivity contribution in [1.82, 2.24) is 9.55 Å². The number of benzene rings is 1. The van der Waals surface area contributed by atoms with Crippen LogP contribution in [0.3, 0.4) is 0 Å². The molecular formula is C16H17ClN2O2. The fourth-order valence-electron chi connectivity index (χ4n) is 2.94. The van der Waals surface area contributed by atoms with E-state index in [9.17, 15) is 4.79 Å². The van der Waals surface area contributed by atoms with E-state index in [0.717, 1.165) is 30.9 Å². The number of methoxy groups -OCH3 is 1. The Labute approximate surface area is 128 Å². The topological polar surface area (TPSA) is 44.1 Å². The summed E-state index contributed by atoms with van der Waals surface area (Å²) in [5, 5.41) is 0.427. The summed E-state index contributed by atoms with van der Waals surface area (Å²) in [4.78, 5) is 16.4. The largest absolute Gasteiger partial charge is 0.469 e. The number of aromatic nitrogens is 2. The standard InChI is InChI=1S/C16H17ClN2O2/c1-21-16(20)12-8-5-9-19-13(18-15(17)14(12)19)10-11-6-3-2-4-7-11/h2-4,6-7,12H,5,8-10H2,1H3. The summed E-state index contributed by atoms with van der Waals surface area (Å²) in [6.07, 6.45) is 2.42. The van der Waals surface area contributed by atoms with Gasteiger partial charge in [-0.1, -0.05) is 41.9 Å². The lowest BCUT2D eigenvalue weighted by Crippen LogP contribution is -2.24. The Kier molecular flexibility index (Phi) is 3.97. The highest BCUT2D eigenvalue weighted by atomic mass is 35.5. The Morgan fingerprint density at radius 1 is 1.43 bits per heavy atom. The zero-order chi connectivity index (χ0) is 14.8. The molecule has 0 radical (unpaired) electrons. The molecule has 0 saturated carbocycles. The molecule has 0 saturated heterocycles. The van der Waals surface area contributed by atoms with E-state index in [4.69, 9.17) is 16.3 Å². The van der Waals surface area contributed by atoms with Gasteiger partial charge in [-0.25, -0.2) is 4.98 Å². The Morgan fingerprint density at radius 2 is 2.19 bits per heavy atom. The van der Waals surface area contributed by atoms with Crippen molar-refractivity contribution >= 4 is 17.6 Å². The third-order valence-corrected chi connectivity index (χ3v) is 4.21. The molecule has 0 aliphatic carbocycles. The second-order valence-corrected chi connectivity index (χ2v) is 5.59. The van der Waals surface area contributed by atoms with Crippen molar-refractivity contribution in [3.63, 3.8) is 0 Å². The molecule has 1 aromatic heterocycles. The van der Waals surface area contributed by atoms with Crippen LogP contribution >= 0.6 is 11.6 Å². The second kappa shape index (κ2) is 5.90. The van der Waals surface area contributed by atoms with Crippen molar-refractivity contribution in [3.8, 4) is 0 Å². The van der Waals surface area contributed by atoms with Gasteiger partial charge in [0.2, 0.25) is 0 Å². The molecule has 21 heavy (non-hydrogen) atoms. The van der Waals surface area contributed by atoms with Gasteiger partial charge in [-0.3, -0.25) is 4.79 Å². The van der Waals surface area contributed by atoms with Crippen molar-refractivity contribution in [3.05, 3.63) is 52.6 Å². The number of carbonyl (C=O) groups excluding carboxylic acids is 1. The fraction of sp³-hybridized carbons (Fsp3) is 0.375. The average Bonchev–Trinajstić information content (AvgIpc) is 2.84. The maximum atomic E-state index is 11.9. The molecule has 2 heterocycles. The van der Waals surface area contributed by atoms with E-state index in [-0.39, 0.29) is 11.9 Å². The summed E-state index contributed by atoms with van der Waals surface area (Å²) < 4.78 is 6.97. The van der Waals surface area contributed by atoms with E-state index >= 15 is 0 Å². The van der Waals surface area contributed by atoms with Crippen LogP contribution in [0.2, 0.25) is 5.15 Å². The van der Waals surface area contributed by atoms with Gasteiger partial charge in [-0.2, -0.15) is 0 Å². The molecule has 4 nitrogen and oxygen atoms in total. The summed E-state index contributed by atoms with van der Waals surface area (Å²) in [6.45, 7) is 0.852. The molecule has 1 aliphatic rings. The van der Waals surface area contributed by atoms with Gasteiger partial charge in [0.15, 0.2) is 5.15 Å². The summed E-state index contributed by atoms with van der Waals surface area (Å²) >= 11 is 6.29. The van der Waals surface area contributed by atoms with Gasteiger partial charge in [0.05, 0.1) is 12.8 Å². The molecular weight excluding hydrogens is 288 g/mol. The minimum Gasteiger partial charge on any atom is -0.469 e. The number of esters is 1. The van der Waals surface area contributed by atoms with Gasteiger partial charge in [0, 0.05) is 13.0 Å². The molecule has 110 valence electrons. The Hall–Kier alpha value is -1.81. The molecule has 0 spiro atoms. The van der Waals surface area contributed by atoms with Crippen LogP contribution in [0.5, 0.6) is 0 Å². The molecule has 1 aromatic carbocycles. The number of fused-ring (bicyclic) bond motifs is 1. The van der Waals surface area contributed by atoms with Gasteiger partial charge >= 0.3 is 5.97 Å². The Balaban J connectivity index is 1.96. The van der Waals surface area contributed by atoms with Crippen LogP contribution in [0, 0.1) is 0 Å². The monoisotopic (exact) mass is 304 g/mol. The lowest BCUT2D eigenvalue weighted by atomic mass is 9.96. The second-order valence-electron chi connectivity index (χ2n) is 5.24. The summed E-state index contributed by atoms with van der Waals surface area (Å²) in [5.41, 5.74) is 1.99. The third kappa shape index (κ3) is 2.68. The SMILES string of the molecule is COC(=O)C1CCCn2c(Cc3ccccc3)nc(Cl)c21. The van der Waals surface area contributed by atoms with Gasteiger partial charge in [0.1, 0.15) is 11.7 Å². The number of imidazole rings is 1. The van der Waals surface area contributed by atoms with Crippen LogP contribution in [-0.2, 0) is 22.5 Å². The van der Waals surface area contributed by atoms with Crippen LogP contribution in [0.4, 0.5) is 0 Å². The molecule has 1 unspecified atom stereocenters. The molecule has 1 aliphatic heterocycles. The zero-order valence-corrected chi connectivity index (χ0v) is 12.6. The number of ether oxygens (including phenoxy) is 1. The maximum Gasteiger partial charge on any atom is 0.314 e. The Morgan fingerprint density at radius 3 is 2.90 bits per heavy atom. The van der Waals surface area contributed by atoms with E-state index in [1.165, 1.54) is 12.7 Å². The summed E-state index contributed by atoms with van der Waals surface area (Å²) in [6, 6.07) is 10.1. The molecule has 0 N–H and O–H groups in total. The first-order chi connectivity index (χ1) is 10.2. The lowest BCUT2D eigenvalue weighted by Gasteiger charge is -2.23. The number of rotatable bonds is 3. The highest BCUT2D eigenvalue weighted by Crippen LogP contribution is 2.34. The van der Waals surface area contributed by atoms with Crippen molar-refractivity contribution < 1.29 is 9.53 Å². The van der Waals surface area contributed by atoms with Gasteiger partial charge < -0.3 is 9.30 Å². The molecule has 0 amide bonds. The Bertz CT molecular complexity index is 652. The smallest absolute Gasteiger partial charge is 0.314 e. The molecule has 0 bridgehead atoms. The molecule has 0 fully saturated rings. The number of halogens is 1. The van der Waals surface area contributed by atoms with Gasteiger partial charge in [-0.05, 0) is 18.4 Å². The van der Waals surface area contributed by atoms with Gasteiger partial charge in [0.25, 0.3) is 0 Å². The van der Waals surface area contributed by atoms with Crippen LogP contribution < -0.4 is 0 Å². The number of hydrogen-bond acceptors (Lipinski definition) is 3. The van der Waals surface area contributed by atoms with Crippen LogP contribution in [0.1, 0.15) is 35.8 Å². The van der Waals surface area contributed by atoms with Crippen molar-refractivity contribution in [2.75, 3.05) is 7.11 Å². The highest BCUT2D eigenvalue weighted by molar-refractivity contribution is 6.30. The first-order valence-corrected chi connectivity index (χ1v) is 7.45. The van der Waals surface area contributed by atoms with E-state index in [1.807, 2.05) is 18.2 Å². The predicted octanol–water partition coefficient (Wildman–Crippen LogP) is 3.18. The normalized spacial score (nSPS) is 17.3. The third-order valence-electron chi connectivity index (χ3n) is 3.94. The lowest BCUT2D eigenvalue weighted by molar-refractivity contribution is -0.143. The van der Waals surface area contributed by atoms with E-state index < -0.39 is 0 Å². The number of hydrogen-bond donors (Lipinski definition) is 0. The minimum absolute atomic E-state index is 0.232. The first-order valence-electron chi connectivity index (χ1n) is 7.07. The average molecular weight is 305 g/mol. The first kappa shape index (κ1) is 14.1. The number of carbonyl (C=O) groups is 1. The van der Waals surface area contributed by atoms with Crippen LogP contribution in [0.15, 0.2) is 30.3 Å². The maximum absolute atomic E-state index is 11.9. The van der Waals surface area contributed by atoms with Crippen molar-refractivity contribution in [1.29, 1.82) is 0 Å². The van der Waals surface area contributed by atoms with E-state index in [0.29, 0.717) is 11.6 Å². The van der Waals surface area contributed by atoms with Crippen molar-refractivity contribution in [2.24, 2.45) is 0 Å². The van der Waals surface area contributed by atoms with Crippen molar-refractivity contribution in [2.45, 2.75) is 31.7 Å². The quantitative estimate of drug-likeness (QED) is 0.818. The highest BCUT2D eigenvalue weighted by Gasteiger charge is 2.32. The molecule has 2 aromatic rings. The van der Waals surface area contributed by atoms with E-state index in [1.54, 1.807) is 0 Å². The summed E-state index contributed by atoms with van der Waals surface area (Å²) in [7, 11) is 1.41. The predicted molar refractivity (Wildman–Crippen MR) is 80.5 cm³/mol.